The molecular formula is C21H22N4O2. The molecule has 0 bridgehead atoms. The lowest BCUT2D eigenvalue weighted by atomic mass is 10.1. The van der Waals surface area contributed by atoms with E-state index in [2.05, 4.69) is 20.8 Å². The molecule has 0 atom stereocenters. The first-order chi connectivity index (χ1) is 13.1. The molecule has 138 valence electrons. The van der Waals surface area contributed by atoms with E-state index in [0.29, 0.717) is 12.4 Å². The summed E-state index contributed by atoms with van der Waals surface area (Å²) in [5.74, 6) is 1.11. The van der Waals surface area contributed by atoms with E-state index < -0.39 is 0 Å². The van der Waals surface area contributed by atoms with Crippen LogP contribution >= 0.6 is 0 Å². The van der Waals surface area contributed by atoms with Gasteiger partial charge in [-0.3, -0.25) is 4.79 Å². The summed E-state index contributed by atoms with van der Waals surface area (Å²) >= 11 is 0. The number of amides is 1. The first-order valence-corrected chi connectivity index (χ1v) is 8.65. The Morgan fingerprint density at radius 3 is 2.56 bits per heavy atom. The molecule has 6 nitrogen and oxygen atoms in total. The molecule has 2 aromatic carbocycles. The lowest BCUT2D eigenvalue weighted by molar-refractivity contribution is 0.102. The number of benzene rings is 2. The standard InChI is InChI=1S/C21H22N4O2/c1-14-7-6-9-17(15(14)2)23-21(26)18-11-12-20(25-24-18)22-13-16-8-4-5-10-19(16)27-3/h4-12H,13H2,1-3H3,(H,22,25)(H,23,26). The van der Waals surface area contributed by atoms with Crippen LogP contribution in [0.15, 0.2) is 54.6 Å². The van der Waals surface area contributed by atoms with E-state index in [1.807, 2.05) is 56.3 Å². The van der Waals surface area contributed by atoms with Gasteiger partial charge in [0, 0.05) is 17.8 Å². The van der Waals surface area contributed by atoms with Crippen molar-refractivity contribution >= 4 is 17.4 Å². The Labute approximate surface area is 158 Å². The number of ether oxygens (including phenoxy) is 1. The van der Waals surface area contributed by atoms with Gasteiger partial charge in [0.25, 0.3) is 5.91 Å². The molecule has 2 N–H and O–H groups in total. The Balaban J connectivity index is 1.64. The summed E-state index contributed by atoms with van der Waals surface area (Å²) in [5, 5.41) is 14.2. The normalized spacial score (nSPS) is 10.3. The molecule has 0 saturated carbocycles. The summed E-state index contributed by atoms with van der Waals surface area (Å²) in [7, 11) is 1.64. The maximum Gasteiger partial charge on any atom is 0.276 e. The van der Waals surface area contributed by atoms with E-state index >= 15 is 0 Å². The first-order valence-electron chi connectivity index (χ1n) is 8.65. The van der Waals surface area contributed by atoms with Crippen molar-refractivity contribution < 1.29 is 9.53 Å². The van der Waals surface area contributed by atoms with Crippen molar-refractivity contribution in [1.29, 1.82) is 0 Å². The molecule has 1 amide bonds. The summed E-state index contributed by atoms with van der Waals surface area (Å²) in [4.78, 5) is 12.4. The SMILES string of the molecule is COc1ccccc1CNc1ccc(C(=O)Nc2cccc(C)c2C)nn1. The quantitative estimate of drug-likeness (QED) is 0.694. The van der Waals surface area contributed by atoms with Crippen LogP contribution in [0.1, 0.15) is 27.2 Å². The molecule has 3 aromatic rings. The zero-order valence-electron chi connectivity index (χ0n) is 15.6. The van der Waals surface area contributed by atoms with E-state index in [-0.39, 0.29) is 11.6 Å². The second-order valence-electron chi connectivity index (χ2n) is 6.17. The molecule has 0 aliphatic rings. The van der Waals surface area contributed by atoms with Crippen LogP contribution in [0.5, 0.6) is 5.75 Å². The highest BCUT2D eigenvalue weighted by Crippen LogP contribution is 2.20. The van der Waals surface area contributed by atoms with Gasteiger partial charge in [0.05, 0.1) is 7.11 Å². The molecule has 6 heteroatoms. The van der Waals surface area contributed by atoms with Crippen molar-refractivity contribution in [2.24, 2.45) is 0 Å². The molecule has 27 heavy (non-hydrogen) atoms. The highest BCUT2D eigenvalue weighted by atomic mass is 16.5. The topological polar surface area (TPSA) is 76.1 Å². The fourth-order valence-corrected chi connectivity index (χ4v) is 2.66. The molecule has 1 aromatic heterocycles. The van der Waals surface area contributed by atoms with Gasteiger partial charge in [-0.1, -0.05) is 30.3 Å². The van der Waals surface area contributed by atoms with E-state index in [1.165, 1.54) is 0 Å². The smallest absolute Gasteiger partial charge is 0.276 e. The predicted octanol–water partition coefficient (Wildman–Crippen LogP) is 3.97. The van der Waals surface area contributed by atoms with E-state index in [1.54, 1.807) is 19.2 Å². The number of carbonyl (C=O) groups is 1. The van der Waals surface area contributed by atoms with Gasteiger partial charge in [-0.2, -0.15) is 0 Å². The molecule has 0 fully saturated rings. The number of hydrogen-bond acceptors (Lipinski definition) is 5. The molecule has 0 aliphatic carbocycles. The minimum Gasteiger partial charge on any atom is -0.496 e. The number of carbonyl (C=O) groups excluding carboxylic acids is 1. The summed E-state index contributed by atoms with van der Waals surface area (Å²) in [5.41, 5.74) is 4.21. The fraction of sp³-hybridized carbons (Fsp3) is 0.190. The van der Waals surface area contributed by atoms with Gasteiger partial charge in [-0.15, -0.1) is 10.2 Å². The molecule has 0 saturated heterocycles. The zero-order valence-corrected chi connectivity index (χ0v) is 15.6. The van der Waals surface area contributed by atoms with Gasteiger partial charge >= 0.3 is 0 Å². The van der Waals surface area contributed by atoms with E-state index in [4.69, 9.17) is 4.74 Å². The average Bonchev–Trinajstić information content (AvgIpc) is 2.70. The van der Waals surface area contributed by atoms with Crippen LogP contribution in [0.2, 0.25) is 0 Å². The second kappa shape index (κ2) is 8.31. The molecule has 3 rings (SSSR count). The summed E-state index contributed by atoms with van der Waals surface area (Å²) in [6.07, 6.45) is 0. The Morgan fingerprint density at radius 1 is 1.00 bits per heavy atom. The van der Waals surface area contributed by atoms with E-state index in [0.717, 1.165) is 28.1 Å². The number of anilines is 2. The van der Waals surface area contributed by atoms with Crippen molar-refractivity contribution in [1.82, 2.24) is 10.2 Å². The van der Waals surface area contributed by atoms with Crippen LogP contribution in [0.3, 0.4) is 0 Å². The summed E-state index contributed by atoms with van der Waals surface area (Å²) < 4.78 is 5.33. The number of methoxy groups -OCH3 is 1. The number of aryl methyl sites for hydroxylation is 1. The van der Waals surface area contributed by atoms with Gasteiger partial charge in [0.15, 0.2) is 5.69 Å². The maximum absolute atomic E-state index is 12.4. The molecule has 0 spiro atoms. The van der Waals surface area contributed by atoms with Crippen molar-refractivity contribution in [2.45, 2.75) is 20.4 Å². The number of rotatable bonds is 6. The maximum atomic E-state index is 12.4. The van der Waals surface area contributed by atoms with Crippen molar-refractivity contribution in [3.05, 3.63) is 77.0 Å². The monoisotopic (exact) mass is 362 g/mol. The zero-order chi connectivity index (χ0) is 19.2. The van der Waals surface area contributed by atoms with Gasteiger partial charge in [-0.25, -0.2) is 0 Å². The molecular weight excluding hydrogens is 340 g/mol. The van der Waals surface area contributed by atoms with Crippen LogP contribution in [-0.2, 0) is 6.54 Å². The lowest BCUT2D eigenvalue weighted by Crippen LogP contribution is -2.15. The minimum atomic E-state index is -0.285. The third-order valence-corrected chi connectivity index (χ3v) is 4.40. The number of aromatic nitrogens is 2. The number of nitrogens with zero attached hydrogens (tertiary/aromatic N) is 2. The summed E-state index contributed by atoms with van der Waals surface area (Å²) in [6.45, 7) is 4.53. The summed E-state index contributed by atoms with van der Waals surface area (Å²) in [6, 6.07) is 16.9. The third kappa shape index (κ3) is 4.41. The molecule has 1 heterocycles. The number of nitrogens with one attached hydrogen (secondary N) is 2. The molecule has 0 aliphatic heterocycles. The largest absolute Gasteiger partial charge is 0.496 e. The Hall–Kier alpha value is -3.41. The number of para-hydroxylation sites is 1. The Morgan fingerprint density at radius 2 is 1.81 bits per heavy atom. The highest BCUT2D eigenvalue weighted by molar-refractivity contribution is 6.03. The van der Waals surface area contributed by atoms with Crippen molar-refractivity contribution in [3.63, 3.8) is 0 Å². The Kier molecular flexibility index (Phi) is 5.66. The average molecular weight is 362 g/mol. The molecule has 0 unspecified atom stereocenters. The molecule has 0 radical (unpaired) electrons. The lowest BCUT2D eigenvalue weighted by Gasteiger charge is -2.11. The van der Waals surface area contributed by atoms with Gasteiger partial charge in [-0.05, 0) is 49.2 Å². The van der Waals surface area contributed by atoms with Crippen molar-refractivity contribution in [3.8, 4) is 5.75 Å². The fourth-order valence-electron chi connectivity index (χ4n) is 2.66. The Bertz CT molecular complexity index is 939. The van der Waals surface area contributed by atoms with Gasteiger partial charge in [0.1, 0.15) is 11.6 Å². The highest BCUT2D eigenvalue weighted by Gasteiger charge is 2.11. The minimum absolute atomic E-state index is 0.263. The second-order valence-corrected chi connectivity index (χ2v) is 6.17. The van der Waals surface area contributed by atoms with Gasteiger partial charge < -0.3 is 15.4 Å². The van der Waals surface area contributed by atoms with Crippen molar-refractivity contribution in [2.75, 3.05) is 17.7 Å². The third-order valence-electron chi connectivity index (χ3n) is 4.40. The van der Waals surface area contributed by atoms with Crippen LogP contribution in [0.25, 0.3) is 0 Å². The van der Waals surface area contributed by atoms with Crippen LogP contribution < -0.4 is 15.4 Å². The van der Waals surface area contributed by atoms with Crippen LogP contribution in [0.4, 0.5) is 11.5 Å². The van der Waals surface area contributed by atoms with Crippen LogP contribution in [0, 0.1) is 13.8 Å². The van der Waals surface area contributed by atoms with Crippen LogP contribution in [-0.4, -0.2) is 23.2 Å². The van der Waals surface area contributed by atoms with Gasteiger partial charge in [0.2, 0.25) is 0 Å². The first kappa shape index (κ1) is 18.4. The predicted molar refractivity (Wildman–Crippen MR) is 106 cm³/mol. The number of hydrogen-bond donors (Lipinski definition) is 2. The van der Waals surface area contributed by atoms with E-state index in [9.17, 15) is 4.79 Å².